The zero-order valence-corrected chi connectivity index (χ0v) is 16.6. The van der Waals surface area contributed by atoms with Gasteiger partial charge in [-0.3, -0.25) is 4.79 Å². The van der Waals surface area contributed by atoms with Crippen molar-refractivity contribution in [1.82, 2.24) is 14.9 Å². The quantitative estimate of drug-likeness (QED) is 0.822. The molecule has 0 bridgehead atoms. The second-order valence-corrected chi connectivity index (χ2v) is 7.52. The van der Waals surface area contributed by atoms with Gasteiger partial charge in [0.2, 0.25) is 0 Å². The van der Waals surface area contributed by atoms with E-state index >= 15 is 0 Å². The van der Waals surface area contributed by atoms with Gasteiger partial charge in [-0.15, -0.1) is 11.3 Å². The molecule has 7 heteroatoms. The number of thiazole rings is 1. The molecule has 2 aromatic heterocycles. The molecule has 2 aromatic rings. The Morgan fingerprint density at radius 2 is 1.92 bits per heavy atom. The third-order valence-electron chi connectivity index (χ3n) is 4.37. The summed E-state index contributed by atoms with van der Waals surface area (Å²) in [6.45, 7) is 11.5. The fourth-order valence-electron chi connectivity index (χ4n) is 2.94. The number of H-pyrrole nitrogens is 1. The number of nitrogens with one attached hydrogen (secondary N) is 1. The predicted molar refractivity (Wildman–Crippen MR) is 98.3 cm³/mol. The number of ether oxygens (including phenoxy) is 1. The summed E-state index contributed by atoms with van der Waals surface area (Å²) in [6, 6.07) is -0.161. The van der Waals surface area contributed by atoms with Crippen LogP contribution in [-0.4, -0.2) is 40.4 Å². The van der Waals surface area contributed by atoms with Crippen LogP contribution in [0.4, 0.5) is 0 Å². The summed E-state index contributed by atoms with van der Waals surface area (Å²) in [5.74, 6) is -0.580. The number of aryl methyl sites for hydroxylation is 3. The lowest BCUT2D eigenvalue weighted by Gasteiger charge is -2.24. The Kier molecular flexibility index (Phi) is 5.67. The van der Waals surface area contributed by atoms with Crippen LogP contribution in [0.2, 0.25) is 0 Å². The van der Waals surface area contributed by atoms with Crippen LogP contribution in [0.3, 0.4) is 0 Å². The molecule has 1 atom stereocenters. The van der Waals surface area contributed by atoms with Gasteiger partial charge in [-0.25, -0.2) is 9.78 Å². The van der Waals surface area contributed by atoms with Crippen molar-refractivity contribution in [3.05, 3.63) is 38.1 Å². The monoisotopic (exact) mass is 363 g/mol. The minimum absolute atomic E-state index is 0.161. The molecule has 0 saturated heterocycles. The Morgan fingerprint density at radius 3 is 2.44 bits per heavy atom. The number of nitrogens with zero attached hydrogens (tertiary/aromatic N) is 2. The van der Waals surface area contributed by atoms with Crippen molar-refractivity contribution < 1.29 is 14.3 Å². The lowest BCUT2D eigenvalue weighted by atomic mass is 10.1. The fraction of sp³-hybridized carbons (Fsp3) is 0.500. The minimum atomic E-state index is -0.408. The van der Waals surface area contributed by atoms with Crippen molar-refractivity contribution in [3.63, 3.8) is 0 Å². The first-order valence-electron chi connectivity index (χ1n) is 8.26. The first-order chi connectivity index (χ1) is 11.7. The highest BCUT2D eigenvalue weighted by Gasteiger charge is 2.28. The number of hydrogen-bond donors (Lipinski definition) is 1. The molecule has 0 radical (unpaired) electrons. The summed E-state index contributed by atoms with van der Waals surface area (Å²) in [6.07, 6.45) is 0. The number of carbonyl (C=O) groups is 2. The molecular weight excluding hydrogens is 338 g/mol. The van der Waals surface area contributed by atoms with Crippen molar-refractivity contribution in [2.75, 3.05) is 13.7 Å². The van der Waals surface area contributed by atoms with Gasteiger partial charge in [0.1, 0.15) is 5.69 Å². The lowest BCUT2D eigenvalue weighted by Crippen LogP contribution is -2.31. The fourth-order valence-corrected chi connectivity index (χ4v) is 3.85. The molecule has 2 rings (SSSR count). The van der Waals surface area contributed by atoms with E-state index in [9.17, 15) is 9.59 Å². The zero-order valence-electron chi connectivity index (χ0n) is 15.8. The van der Waals surface area contributed by atoms with Crippen LogP contribution < -0.4 is 0 Å². The largest absolute Gasteiger partial charge is 0.462 e. The van der Waals surface area contributed by atoms with E-state index in [1.54, 1.807) is 44.1 Å². The Morgan fingerprint density at radius 1 is 1.28 bits per heavy atom. The highest BCUT2D eigenvalue weighted by atomic mass is 32.1. The van der Waals surface area contributed by atoms with Crippen LogP contribution in [0.25, 0.3) is 0 Å². The van der Waals surface area contributed by atoms with Crippen LogP contribution in [0.15, 0.2) is 0 Å². The van der Waals surface area contributed by atoms with Crippen molar-refractivity contribution in [2.45, 2.75) is 47.6 Å². The molecule has 1 amide bonds. The van der Waals surface area contributed by atoms with Crippen LogP contribution in [-0.2, 0) is 4.74 Å². The van der Waals surface area contributed by atoms with Crippen molar-refractivity contribution in [2.24, 2.45) is 0 Å². The Bertz CT molecular complexity index is 807. The van der Waals surface area contributed by atoms with Gasteiger partial charge < -0.3 is 14.6 Å². The Labute approximate surface area is 152 Å². The standard InChI is InChI=1S/C18H25N3O3S/c1-8-24-18(23)14-9(2)15(19-10(14)3)17(22)21(7)11(4)16-12(5)25-13(6)20-16/h11,19H,8H2,1-7H3/t11-/m0/s1. The van der Waals surface area contributed by atoms with Gasteiger partial charge in [-0.1, -0.05) is 0 Å². The molecule has 0 saturated carbocycles. The molecule has 0 fully saturated rings. The van der Waals surface area contributed by atoms with E-state index in [0.717, 1.165) is 15.6 Å². The summed E-state index contributed by atoms with van der Waals surface area (Å²) in [7, 11) is 1.75. The average molecular weight is 363 g/mol. The van der Waals surface area contributed by atoms with Crippen LogP contribution >= 0.6 is 11.3 Å². The molecule has 2 heterocycles. The molecule has 25 heavy (non-hydrogen) atoms. The zero-order chi connectivity index (χ0) is 18.9. The Hall–Kier alpha value is -2.15. The molecule has 0 spiro atoms. The summed E-state index contributed by atoms with van der Waals surface area (Å²) in [5.41, 5.74) is 3.02. The third-order valence-corrected chi connectivity index (χ3v) is 5.27. The molecule has 0 aliphatic heterocycles. The number of aromatic nitrogens is 2. The van der Waals surface area contributed by atoms with E-state index in [4.69, 9.17) is 4.74 Å². The number of esters is 1. The SMILES string of the molecule is CCOC(=O)c1c(C)[nH]c(C(=O)N(C)[C@@H](C)c2nc(C)sc2C)c1C. The third kappa shape index (κ3) is 3.61. The van der Waals surface area contributed by atoms with Gasteiger partial charge >= 0.3 is 5.97 Å². The lowest BCUT2D eigenvalue weighted by molar-refractivity contribution is 0.0525. The molecule has 0 aliphatic rings. The second kappa shape index (κ2) is 7.39. The van der Waals surface area contributed by atoms with Gasteiger partial charge in [-0.05, 0) is 47.1 Å². The van der Waals surface area contributed by atoms with Gasteiger partial charge in [-0.2, -0.15) is 0 Å². The maximum Gasteiger partial charge on any atom is 0.340 e. The molecule has 136 valence electrons. The van der Waals surface area contributed by atoms with Gasteiger partial charge in [0.05, 0.1) is 28.9 Å². The predicted octanol–water partition coefficient (Wildman–Crippen LogP) is 3.71. The Balaban J connectivity index is 2.32. The maximum absolute atomic E-state index is 13.0. The van der Waals surface area contributed by atoms with Crippen LogP contribution in [0.5, 0.6) is 0 Å². The molecule has 6 nitrogen and oxygen atoms in total. The summed E-state index contributed by atoms with van der Waals surface area (Å²) in [5, 5.41) is 0.983. The normalized spacial score (nSPS) is 12.1. The van der Waals surface area contributed by atoms with Gasteiger partial charge in [0.15, 0.2) is 0 Å². The first kappa shape index (κ1) is 19.2. The first-order valence-corrected chi connectivity index (χ1v) is 9.08. The summed E-state index contributed by atoms with van der Waals surface area (Å²) in [4.78, 5) is 35.4. The van der Waals surface area contributed by atoms with E-state index in [2.05, 4.69) is 9.97 Å². The van der Waals surface area contributed by atoms with Crippen molar-refractivity contribution in [3.8, 4) is 0 Å². The molecular formula is C18H25N3O3S. The van der Waals surface area contributed by atoms with Crippen LogP contribution in [0, 0.1) is 27.7 Å². The number of amides is 1. The van der Waals surface area contributed by atoms with E-state index in [0.29, 0.717) is 29.1 Å². The van der Waals surface area contributed by atoms with Crippen molar-refractivity contribution in [1.29, 1.82) is 0 Å². The van der Waals surface area contributed by atoms with Crippen LogP contribution in [0.1, 0.15) is 67.6 Å². The van der Waals surface area contributed by atoms with Gasteiger partial charge in [0.25, 0.3) is 5.91 Å². The number of rotatable bonds is 5. The smallest absolute Gasteiger partial charge is 0.340 e. The van der Waals surface area contributed by atoms with E-state index in [1.165, 1.54) is 0 Å². The molecule has 0 unspecified atom stereocenters. The number of aromatic amines is 1. The maximum atomic E-state index is 13.0. The second-order valence-electron chi connectivity index (χ2n) is 6.11. The minimum Gasteiger partial charge on any atom is -0.462 e. The van der Waals surface area contributed by atoms with E-state index in [1.807, 2.05) is 20.8 Å². The van der Waals surface area contributed by atoms with Gasteiger partial charge in [0, 0.05) is 17.6 Å². The van der Waals surface area contributed by atoms with Crippen molar-refractivity contribution >= 4 is 23.2 Å². The average Bonchev–Trinajstić information content (AvgIpc) is 3.03. The number of carbonyl (C=O) groups excluding carboxylic acids is 2. The molecule has 0 aromatic carbocycles. The highest BCUT2D eigenvalue weighted by molar-refractivity contribution is 7.11. The molecule has 1 N–H and O–H groups in total. The highest BCUT2D eigenvalue weighted by Crippen LogP contribution is 2.28. The summed E-state index contributed by atoms with van der Waals surface area (Å²) >= 11 is 1.62. The molecule has 0 aliphatic carbocycles. The summed E-state index contributed by atoms with van der Waals surface area (Å²) < 4.78 is 5.09. The van der Waals surface area contributed by atoms with E-state index in [-0.39, 0.29) is 11.9 Å². The topological polar surface area (TPSA) is 75.3 Å². The number of hydrogen-bond acceptors (Lipinski definition) is 5. The van der Waals surface area contributed by atoms with E-state index < -0.39 is 5.97 Å².